The lowest BCUT2D eigenvalue weighted by atomic mass is 9.85. The molecule has 0 bridgehead atoms. The van der Waals surface area contributed by atoms with E-state index in [4.69, 9.17) is 0 Å². The molecule has 0 heterocycles. The van der Waals surface area contributed by atoms with Crippen molar-refractivity contribution in [2.24, 2.45) is 17.8 Å². The van der Waals surface area contributed by atoms with Gasteiger partial charge in [-0.25, -0.2) is 0 Å². The lowest BCUT2D eigenvalue weighted by molar-refractivity contribution is -0.115. The van der Waals surface area contributed by atoms with Crippen LogP contribution < -0.4 is 16.0 Å². The van der Waals surface area contributed by atoms with Crippen molar-refractivity contribution < 1.29 is 14.4 Å². The van der Waals surface area contributed by atoms with Gasteiger partial charge in [0.05, 0.1) is 0 Å². The van der Waals surface area contributed by atoms with Crippen molar-refractivity contribution in [2.75, 3.05) is 17.2 Å². The number of hydrogen-bond acceptors (Lipinski definition) is 3. The van der Waals surface area contributed by atoms with E-state index >= 15 is 0 Å². The monoisotopic (exact) mass is 371 g/mol. The molecule has 0 unspecified atom stereocenters. The first kappa shape index (κ1) is 19.4. The summed E-state index contributed by atoms with van der Waals surface area (Å²) in [5.74, 6) is 1.57. The van der Waals surface area contributed by atoms with Gasteiger partial charge in [-0.2, -0.15) is 0 Å². The zero-order valence-corrected chi connectivity index (χ0v) is 16.1. The van der Waals surface area contributed by atoms with E-state index < -0.39 is 0 Å². The van der Waals surface area contributed by atoms with E-state index in [0.717, 1.165) is 11.8 Å². The smallest absolute Gasteiger partial charge is 0.251 e. The SMILES string of the molecule is CC(=O)Nc1cc(NC(C)=O)cc(C(=O)NC[C@H]2C[C@H]2C2CCCCC2)c1. The molecule has 6 nitrogen and oxygen atoms in total. The molecular weight excluding hydrogens is 342 g/mol. The standard InChI is InChI=1S/C21H29N3O3/c1-13(25)23-18-8-16(9-19(11-18)24-14(2)26)21(27)22-12-17-10-20(17)15-6-4-3-5-7-15/h8-9,11,15,17,20H,3-7,10,12H2,1-2H3,(H,22,27)(H,23,25)(H,24,26)/t17-,20+/m1/s1. The molecule has 3 N–H and O–H groups in total. The van der Waals surface area contributed by atoms with Crippen molar-refractivity contribution in [3.8, 4) is 0 Å². The quantitative estimate of drug-likeness (QED) is 0.715. The molecule has 2 atom stereocenters. The van der Waals surface area contributed by atoms with E-state index in [2.05, 4.69) is 16.0 Å². The van der Waals surface area contributed by atoms with Crippen molar-refractivity contribution in [3.05, 3.63) is 23.8 Å². The van der Waals surface area contributed by atoms with Gasteiger partial charge >= 0.3 is 0 Å². The molecule has 0 saturated heterocycles. The highest BCUT2D eigenvalue weighted by atomic mass is 16.2. The lowest BCUT2D eigenvalue weighted by Crippen LogP contribution is -2.27. The predicted octanol–water partition coefficient (Wildman–Crippen LogP) is 3.55. The van der Waals surface area contributed by atoms with Gasteiger partial charge in [0, 0.05) is 37.3 Å². The molecule has 6 heteroatoms. The fraction of sp³-hybridized carbons (Fsp3) is 0.571. The van der Waals surface area contributed by atoms with Gasteiger partial charge in [-0.3, -0.25) is 14.4 Å². The van der Waals surface area contributed by atoms with Crippen LogP contribution in [0, 0.1) is 17.8 Å². The van der Waals surface area contributed by atoms with Crippen molar-refractivity contribution >= 4 is 29.1 Å². The Balaban J connectivity index is 1.59. The van der Waals surface area contributed by atoms with Gasteiger partial charge in [0.2, 0.25) is 11.8 Å². The summed E-state index contributed by atoms with van der Waals surface area (Å²) >= 11 is 0. The molecule has 3 rings (SSSR count). The third kappa shape index (κ3) is 5.55. The highest BCUT2D eigenvalue weighted by Crippen LogP contribution is 2.48. The topological polar surface area (TPSA) is 87.3 Å². The molecule has 0 radical (unpaired) electrons. The van der Waals surface area contributed by atoms with Crippen molar-refractivity contribution in [1.29, 1.82) is 0 Å². The summed E-state index contributed by atoms with van der Waals surface area (Å²) in [7, 11) is 0. The largest absolute Gasteiger partial charge is 0.352 e. The van der Waals surface area contributed by atoms with Crippen LogP contribution in [0.5, 0.6) is 0 Å². The fourth-order valence-electron chi connectivity index (χ4n) is 4.28. The first-order valence-electron chi connectivity index (χ1n) is 9.91. The number of carbonyl (C=O) groups excluding carboxylic acids is 3. The first-order chi connectivity index (χ1) is 12.9. The van der Waals surface area contributed by atoms with Crippen LogP contribution in [0.2, 0.25) is 0 Å². The Kier molecular flexibility index (Phi) is 6.14. The highest BCUT2D eigenvalue weighted by Gasteiger charge is 2.42. The Bertz CT molecular complexity index is 691. The molecule has 0 spiro atoms. The second-order valence-corrected chi connectivity index (χ2v) is 7.93. The molecule has 146 valence electrons. The molecule has 0 aliphatic heterocycles. The first-order valence-corrected chi connectivity index (χ1v) is 9.91. The van der Waals surface area contributed by atoms with Crippen LogP contribution >= 0.6 is 0 Å². The second kappa shape index (κ2) is 8.55. The molecule has 2 saturated carbocycles. The van der Waals surface area contributed by atoms with Crippen LogP contribution in [0.4, 0.5) is 11.4 Å². The Labute approximate surface area is 160 Å². The summed E-state index contributed by atoms with van der Waals surface area (Å²) < 4.78 is 0. The summed E-state index contributed by atoms with van der Waals surface area (Å²) in [4.78, 5) is 35.3. The number of nitrogens with one attached hydrogen (secondary N) is 3. The summed E-state index contributed by atoms with van der Waals surface area (Å²) in [6.45, 7) is 3.51. The molecule has 2 aliphatic carbocycles. The van der Waals surface area contributed by atoms with E-state index in [0.29, 0.717) is 29.4 Å². The van der Waals surface area contributed by atoms with E-state index in [1.165, 1.54) is 52.4 Å². The molecule has 1 aromatic rings. The Hall–Kier alpha value is -2.37. The van der Waals surface area contributed by atoms with E-state index in [1.54, 1.807) is 18.2 Å². The van der Waals surface area contributed by atoms with Crippen LogP contribution in [0.1, 0.15) is 62.7 Å². The maximum atomic E-state index is 12.6. The van der Waals surface area contributed by atoms with Crippen LogP contribution in [-0.2, 0) is 9.59 Å². The zero-order chi connectivity index (χ0) is 19.4. The van der Waals surface area contributed by atoms with Crippen LogP contribution in [-0.4, -0.2) is 24.3 Å². The van der Waals surface area contributed by atoms with Crippen LogP contribution in [0.25, 0.3) is 0 Å². The Morgan fingerprint density at radius 2 is 1.52 bits per heavy atom. The third-order valence-corrected chi connectivity index (χ3v) is 5.59. The van der Waals surface area contributed by atoms with Crippen molar-refractivity contribution in [3.63, 3.8) is 0 Å². The molecule has 2 aliphatic rings. The normalized spacial score (nSPS) is 22.0. The summed E-state index contributed by atoms with van der Waals surface area (Å²) in [6, 6.07) is 4.90. The summed E-state index contributed by atoms with van der Waals surface area (Å²) in [5, 5.41) is 8.37. The highest BCUT2D eigenvalue weighted by molar-refractivity contribution is 5.99. The van der Waals surface area contributed by atoms with Crippen molar-refractivity contribution in [2.45, 2.75) is 52.4 Å². The van der Waals surface area contributed by atoms with E-state index in [1.807, 2.05) is 0 Å². The lowest BCUT2D eigenvalue weighted by Gasteiger charge is -2.21. The van der Waals surface area contributed by atoms with Crippen LogP contribution in [0.3, 0.4) is 0 Å². The third-order valence-electron chi connectivity index (χ3n) is 5.59. The Morgan fingerprint density at radius 1 is 0.926 bits per heavy atom. The van der Waals surface area contributed by atoms with Gasteiger partial charge in [0.1, 0.15) is 0 Å². The Morgan fingerprint density at radius 3 is 2.07 bits per heavy atom. The predicted molar refractivity (Wildman–Crippen MR) is 106 cm³/mol. The number of hydrogen-bond donors (Lipinski definition) is 3. The number of amides is 3. The second-order valence-electron chi connectivity index (χ2n) is 7.93. The summed E-state index contributed by atoms with van der Waals surface area (Å²) in [5.41, 5.74) is 1.41. The number of rotatable bonds is 6. The maximum Gasteiger partial charge on any atom is 0.251 e. The van der Waals surface area contributed by atoms with Crippen LogP contribution in [0.15, 0.2) is 18.2 Å². The minimum Gasteiger partial charge on any atom is -0.352 e. The molecule has 2 fully saturated rings. The van der Waals surface area contributed by atoms with Gasteiger partial charge in [-0.15, -0.1) is 0 Å². The van der Waals surface area contributed by atoms with Gasteiger partial charge in [-0.1, -0.05) is 32.1 Å². The van der Waals surface area contributed by atoms with Crippen molar-refractivity contribution in [1.82, 2.24) is 5.32 Å². The molecule has 3 amide bonds. The average molecular weight is 371 g/mol. The number of carbonyl (C=O) groups is 3. The van der Waals surface area contributed by atoms with E-state index in [9.17, 15) is 14.4 Å². The van der Waals surface area contributed by atoms with E-state index in [-0.39, 0.29) is 17.7 Å². The van der Waals surface area contributed by atoms with Gasteiger partial charge in [0.25, 0.3) is 5.91 Å². The minimum absolute atomic E-state index is 0.178. The molecule has 1 aromatic carbocycles. The van der Waals surface area contributed by atoms with Gasteiger partial charge in [-0.05, 0) is 42.4 Å². The fourth-order valence-corrected chi connectivity index (χ4v) is 4.28. The molecule has 0 aromatic heterocycles. The average Bonchev–Trinajstić information content (AvgIpc) is 3.38. The maximum absolute atomic E-state index is 12.6. The molecule has 27 heavy (non-hydrogen) atoms. The molecular formula is C21H29N3O3. The number of anilines is 2. The van der Waals surface area contributed by atoms with Gasteiger partial charge in [0.15, 0.2) is 0 Å². The van der Waals surface area contributed by atoms with Gasteiger partial charge < -0.3 is 16.0 Å². The minimum atomic E-state index is -0.227. The number of benzene rings is 1. The summed E-state index contributed by atoms with van der Waals surface area (Å²) in [6.07, 6.45) is 7.96. The zero-order valence-electron chi connectivity index (χ0n) is 16.1.